The summed E-state index contributed by atoms with van der Waals surface area (Å²) >= 11 is 0. The molecule has 82 valence electrons. The predicted molar refractivity (Wildman–Crippen MR) is 56.5 cm³/mol. The Morgan fingerprint density at radius 2 is 2.53 bits per heavy atom. The summed E-state index contributed by atoms with van der Waals surface area (Å²) in [6.45, 7) is 2.96. The van der Waals surface area contributed by atoms with Crippen LogP contribution in [0.3, 0.4) is 0 Å². The number of rotatable bonds is 3. The molecule has 1 aromatic heterocycles. The highest BCUT2D eigenvalue weighted by atomic mass is 16.5. The fourth-order valence-electron chi connectivity index (χ4n) is 2.65. The predicted octanol–water partition coefficient (Wildman–Crippen LogP) is 1.13. The number of nitrogens with zero attached hydrogens (tertiary/aromatic N) is 1. The van der Waals surface area contributed by atoms with Gasteiger partial charge in [0.15, 0.2) is 0 Å². The number of hydrogen-bond donors (Lipinski definition) is 2. The first-order valence-electron chi connectivity index (χ1n) is 5.70. The lowest BCUT2D eigenvalue weighted by Gasteiger charge is -2.19. The van der Waals surface area contributed by atoms with E-state index in [4.69, 9.17) is 4.74 Å². The third kappa shape index (κ3) is 1.68. The van der Waals surface area contributed by atoms with Crippen LogP contribution in [0.4, 0.5) is 0 Å². The summed E-state index contributed by atoms with van der Waals surface area (Å²) < 4.78 is 5.80. The summed E-state index contributed by atoms with van der Waals surface area (Å²) in [5.41, 5.74) is 2.42. The molecule has 0 aliphatic carbocycles. The lowest BCUT2D eigenvalue weighted by molar-refractivity contribution is 0.0973. The molecule has 4 heteroatoms. The number of ether oxygens (including phenoxy) is 1. The van der Waals surface area contributed by atoms with Crippen LogP contribution in [-0.2, 0) is 11.3 Å². The maximum absolute atomic E-state index is 5.80. The summed E-state index contributed by atoms with van der Waals surface area (Å²) in [6, 6.07) is 0.554. The monoisotopic (exact) mass is 207 g/mol. The molecule has 2 aliphatic rings. The van der Waals surface area contributed by atoms with Crippen molar-refractivity contribution < 1.29 is 4.74 Å². The summed E-state index contributed by atoms with van der Waals surface area (Å²) in [5, 5.41) is 10.5. The van der Waals surface area contributed by atoms with Gasteiger partial charge < -0.3 is 10.1 Å². The lowest BCUT2D eigenvalue weighted by Crippen LogP contribution is -2.37. The van der Waals surface area contributed by atoms with Gasteiger partial charge in [-0.2, -0.15) is 5.10 Å². The molecule has 2 aliphatic heterocycles. The van der Waals surface area contributed by atoms with Gasteiger partial charge in [0.2, 0.25) is 0 Å². The molecule has 0 saturated carbocycles. The third-order valence-electron chi connectivity index (χ3n) is 3.60. The molecule has 4 nitrogen and oxygen atoms in total. The van der Waals surface area contributed by atoms with E-state index in [1.165, 1.54) is 24.8 Å². The van der Waals surface area contributed by atoms with Crippen molar-refractivity contribution in [1.29, 1.82) is 0 Å². The summed E-state index contributed by atoms with van der Waals surface area (Å²) in [6.07, 6.45) is 6.55. The largest absolute Gasteiger partial charge is 0.373 e. The Kier molecular flexibility index (Phi) is 2.25. The van der Waals surface area contributed by atoms with Crippen LogP contribution in [0.2, 0.25) is 0 Å². The van der Waals surface area contributed by atoms with E-state index in [1.54, 1.807) is 0 Å². The molecule has 2 bridgehead atoms. The van der Waals surface area contributed by atoms with Crippen molar-refractivity contribution in [2.75, 3.05) is 0 Å². The van der Waals surface area contributed by atoms with E-state index < -0.39 is 0 Å². The molecule has 2 saturated heterocycles. The van der Waals surface area contributed by atoms with Crippen molar-refractivity contribution in [1.82, 2.24) is 15.5 Å². The molecule has 15 heavy (non-hydrogen) atoms. The van der Waals surface area contributed by atoms with Crippen LogP contribution in [0, 0.1) is 6.92 Å². The first-order valence-corrected chi connectivity index (χ1v) is 5.70. The minimum absolute atomic E-state index is 0.460. The Balaban J connectivity index is 1.57. The maximum Gasteiger partial charge on any atom is 0.0733 e. The lowest BCUT2D eigenvalue weighted by atomic mass is 9.95. The van der Waals surface area contributed by atoms with Crippen molar-refractivity contribution in [2.24, 2.45) is 0 Å². The van der Waals surface area contributed by atoms with Crippen molar-refractivity contribution in [3.05, 3.63) is 17.5 Å². The van der Waals surface area contributed by atoms with Crippen LogP contribution in [-0.4, -0.2) is 28.4 Å². The van der Waals surface area contributed by atoms with Gasteiger partial charge in [-0.3, -0.25) is 5.10 Å². The smallest absolute Gasteiger partial charge is 0.0733 e. The second-order valence-electron chi connectivity index (χ2n) is 4.62. The Morgan fingerprint density at radius 3 is 3.13 bits per heavy atom. The Bertz CT molecular complexity index is 349. The van der Waals surface area contributed by atoms with E-state index in [0.717, 1.165) is 12.2 Å². The molecule has 3 heterocycles. The van der Waals surface area contributed by atoms with Crippen molar-refractivity contribution in [3.63, 3.8) is 0 Å². The topological polar surface area (TPSA) is 49.9 Å². The molecule has 0 radical (unpaired) electrons. The van der Waals surface area contributed by atoms with Gasteiger partial charge in [0.25, 0.3) is 0 Å². The van der Waals surface area contributed by atoms with Gasteiger partial charge in [-0.1, -0.05) is 0 Å². The van der Waals surface area contributed by atoms with Crippen LogP contribution in [0.25, 0.3) is 0 Å². The van der Waals surface area contributed by atoms with Crippen LogP contribution in [0.5, 0.6) is 0 Å². The van der Waals surface area contributed by atoms with Gasteiger partial charge in [-0.15, -0.1) is 0 Å². The summed E-state index contributed by atoms with van der Waals surface area (Å²) in [7, 11) is 0. The Hall–Kier alpha value is -0.870. The number of aryl methyl sites for hydroxylation is 1. The Labute approximate surface area is 89.4 Å². The second kappa shape index (κ2) is 3.61. The van der Waals surface area contributed by atoms with E-state index in [2.05, 4.69) is 22.4 Å². The van der Waals surface area contributed by atoms with E-state index >= 15 is 0 Å². The molecule has 2 fully saturated rings. The number of nitrogens with one attached hydrogen (secondary N) is 2. The molecular weight excluding hydrogens is 190 g/mol. The Morgan fingerprint density at radius 1 is 1.60 bits per heavy atom. The van der Waals surface area contributed by atoms with Crippen LogP contribution < -0.4 is 5.32 Å². The van der Waals surface area contributed by atoms with Gasteiger partial charge in [-0.25, -0.2) is 0 Å². The van der Waals surface area contributed by atoms with E-state index in [-0.39, 0.29) is 0 Å². The SMILES string of the molecule is Cc1[nH]ncc1CNC1CC2CCC1O2. The van der Waals surface area contributed by atoms with E-state index in [1.807, 2.05) is 6.20 Å². The van der Waals surface area contributed by atoms with Crippen molar-refractivity contribution >= 4 is 0 Å². The second-order valence-corrected chi connectivity index (χ2v) is 4.62. The van der Waals surface area contributed by atoms with Gasteiger partial charge in [0, 0.05) is 23.8 Å². The fraction of sp³-hybridized carbons (Fsp3) is 0.727. The zero-order chi connectivity index (χ0) is 10.3. The van der Waals surface area contributed by atoms with Gasteiger partial charge in [0.1, 0.15) is 0 Å². The standard InChI is InChI=1S/C11H17N3O/c1-7-8(6-13-14-7)5-12-10-4-9-2-3-11(10)15-9/h6,9-12H,2-5H2,1H3,(H,13,14). The first-order chi connectivity index (χ1) is 7.33. The van der Waals surface area contributed by atoms with E-state index in [9.17, 15) is 0 Å². The van der Waals surface area contributed by atoms with Gasteiger partial charge in [-0.05, 0) is 26.2 Å². The molecule has 3 unspecified atom stereocenters. The third-order valence-corrected chi connectivity index (χ3v) is 3.60. The van der Waals surface area contributed by atoms with Crippen molar-refractivity contribution in [2.45, 2.75) is 51.0 Å². The number of aromatic amines is 1. The quantitative estimate of drug-likeness (QED) is 0.781. The number of H-pyrrole nitrogens is 1. The highest BCUT2D eigenvalue weighted by molar-refractivity contribution is 5.14. The van der Waals surface area contributed by atoms with Crippen LogP contribution in [0.15, 0.2) is 6.20 Å². The molecule has 2 N–H and O–H groups in total. The highest BCUT2D eigenvalue weighted by Gasteiger charge is 2.40. The molecule has 3 rings (SSSR count). The summed E-state index contributed by atoms with van der Waals surface area (Å²) in [5.74, 6) is 0. The average molecular weight is 207 g/mol. The maximum atomic E-state index is 5.80. The fourth-order valence-corrected chi connectivity index (χ4v) is 2.65. The number of aromatic nitrogens is 2. The van der Waals surface area contributed by atoms with Gasteiger partial charge in [0.05, 0.1) is 18.4 Å². The zero-order valence-electron chi connectivity index (χ0n) is 8.99. The molecule has 3 atom stereocenters. The van der Waals surface area contributed by atoms with E-state index in [0.29, 0.717) is 18.2 Å². The molecule has 1 aromatic rings. The molecular formula is C11H17N3O. The van der Waals surface area contributed by atoms with Crippen LogP contribution in [0.1, 0.15) is 30.5 Å². The van der Waals surface area contributed by atoms with Crippen LogP contribution >= 0.6 is 0 Å². The van der Waals surface area contributed by atoms with Crippen molar-refractivity contribution in [3.8, 4) is 0 Å². The molecule has 0 amide bonds. The summed E-state index contributed by atoms with van der Waals surface area (Å²) in [4.78, 5) is 0. The molecule has 0 aromatic carbocycles. The minimum Gasteiger partial charge on any atom is -0.373 e. The molecule has 0 spiro atoms. The highest BCUT2D eigenvalue weighted by Crippen LogP contribution is 2.34. The first kappa shape index (κ1) is 9.36. The average Bonchev–Trinajstić information content (AvgIpc) is 2.90. The number of hydrogen-bond acceptors (Lipinski definition) is 3. The minimum atomic E-state index is 0.460. The normalized spacial score (nSPS) is 33.8. The zero-order valence-corrected chi connectivity index (χ0v) is 8.99. The van der Waals surface area contributed by atoms with Gasteiger partial charge >= 0.3 is 0 Å². The number of fused-ring (bicyclic) bond motifs is 2.